The second-order valence-electron chi connectivity index (χ2n) is 10.1. The fourth-order valence-corrected chi connectivity index (χ4v) is 5.39. The molecule has 2 aromatic carbocycles. The maximum Gasteiger partial charge on any atom is 0.247 e. The number of carbonyl (C=O) groups excluding carboxylic acids is 1. The molecule has 230 valence electrons. The van der Waals surface area contributed by atoms with Crippen LogP contribution < -0.4 is 30.3 Å². The predicted octanol–water partition coefficient (Wildman–Crippen LogP) is 5.04. The van der Waals surface area contributed by atoms with E-state index in [2.05, 4.69) is 47.0 Å². The van der Waals surface area contributed by atoms with Crippen LogP contribution in [-0.4, -0.2) is 75.8 Å². The molecule has 0 aliphatic carbocycles. The summed E-state index contributed by atoms with van der Waals surface area (Å²) in [5.41, 5.74) is 2.62. The van der Waals surface area contributed by atoms with E-state index < -0.39 is 10.0 Å². The van der Waals surface area contributed by atoms with Crippen molar-refractivity contribution in [1.29, 1.82) is 0 Å². The van der Waals surface area contributed by atoms with Gasteiger partial charge in [-0.25, -0.2) is 13.4 Å². The Labute approximate surface area is 257 Å². The number of rotatable bonds is 13. The lowest BCUT2D eigenvalue weighted by atomic mass is 10.1. The van der Waals surface area contributed by atoms with Crippen molar-refractivity contribution in [2.45, 2.75) is 19.3 Å². The number of hydrogen-bond acceptors (Lipinski definition) is 10. The van der Waals surface area contributed by atoms with E-state index in [0.717, 1.165) is 38.1 Å². The number of amides is 1. The molecule has 3 aromatic rings. The number of nitrogens with one attached hydrogen (secondary N) is 4. The molecule has 4 rings (SSSR count). The molecule has 14 heteroatoms. The van der Waals surface area contributed by atoms with Crippen LogP contribution in [0.3, 0.4) is 0 Å². The number of carbonyl (C=O) groups is 1. The normalized spacial score (nSPS) is 13.6. The lowest BCUT2D eigenvalue weighted by molar-refractivity contribution is -0.111. The summed E-state index contributed by atoms with van der Waals surface area (Å²) >= 11 is 6.39. The average molecular weight is 629 g/mol. The fourth-order valence-electron chi connectivity index (χ4n) is 4.67. The number of nitrogens with zero attached hydrogens (tertiary/aromatic N) is 4. The van der Waals surface area contributed by atoms with Crippen molar-refractivity contribution in [2.24, 2.45) is 0 Å². The summed E-state index contributed by atoms with van der Waals surface area (Å²) in [6.45, 7) is 7.44. The van der Waals surface area contributed by atoms with Crippen LogP contribution in [0.15, 0.2) is 55.3 Å². The van der Waals surface area contributed by atoms with Crippen molar-refractivity contribution in [3.8, 4) is 5.75 Å². The molecule has 0 unspecified atom stereocenters. The zero-order valence-electron chi connectivity index (χ0n) is 24.5. The fraction of sp³-hybridized carbons (Fsp3) is 0.345. The van der Waals surface area contributed by atoms with Gasteiger partial charge in [-0.1, -0.05) is 36.7 Å². The molecule has 4 N–H and O–H groups in total. The van der Waals surface area contributed by atoms with Crippen molar-refractivity contribution in [1.82, 2.24) is 14.9 Å². The number of anilines is 7. The lowest BCUT2D eigenvalue weighted by Crippen LogP contribution is -2.36. The summed E-state index contributed by atoms with van der Waals surface area (Å²) in [4.78, 5) is 25.7. The second-order valence-corrected chi connectivity index (χ2v) is 12.3. The molecule has 1 aliphatic heterocycles. The molecule has 43 heavy (non-hydrogen) atoms. The van der Waals surface area contributed by atoms with E-state index in [9.17, 15) is 13.2 Å². The Morgan fingerprint density at radius 3 is 2.51 bits per heavy atom. The first-order valence-corrected chi connectivity index (χ1v) is 16.1. The van der Waals surface area contributed by atoms with Gasteiger partial charge < -0.3 is 30.5 Å². The van der Waals surface area contributed by atoms with Gasteiger partial charge in [0.1, 0.15) is 10.8 Å². The van der Waals surface area contributed by atoms with Gasteiger partial charge in [-0.2, -0.15) is 4.98 Å². The Kier molecular flexibility index (Phi) is 10.7. The third-order valence-corrected chi connectivity index (χ3v) is 7.71. The third-order valence-electron chi connectivity index (χ3n) is 6.84. The molecule has 0 saturated carbocycles. The molecule has 0 radical (unpaired) electrons. The van der Waals surface area contributed by atoms with Crippen LogP contribution >= 0.6 is 11.6 Å². The first-order valence-electron chi connectivity index (χ1n) is 13.8. The molecule has 1 fully saturated rings. The molecule has 0 spiro atoms. The summed E-state index contributed by atoms with van der Waals surface area (Å²) in [5.74, 6) is 0.589. The van der Waals surface area contributed by atoms with Gasteiger partial charge >= 0.3 is 0 Å². The van der Waals surface area contributed by atoms with E-state index in [1.807, 2.05) is 13.1 Å². The maximum atomic E-state index is 12.4. The number of sulfonamides is 1. The highest BCUT2D eigenvalue weighted by molar-refractivity contribution is 7.92. The predicted molar refractivity (Wildman–Crippen MR) is 174 cm³/mol. The van der Waals surface area contributed by atoms with Gasteiger partial charge in [0, 0.05) is 26.2 Å². The smallest absolute Gasteiger partial charge is 0.247 e. The number of piperidine rings is 1. The summed E-state index contributed by atoms with van der Waals surface area (Å²) in [7, 11) is 0.0185. The number of para-hydroxylation sites is 2. The summed E-state index contributed by atoms with van der Waals surface area (Å²) in [5, 5.41) is 9.33. The Morgan fingerprint density at radius 1 is 1.12 bits per heavy atom. The molecular formula is C29H37ClN8O4S. The quantitative estimate of drug-likeness (QED) is 0.190. The zero-order valence-corrected chi connectivity index (χ0v) is 26.1. The number of benzene rings is 2. The number of halogens is 1. The third kappa shape index (κ3) is 8.96. The van der Waals surface area contributed by atoms with E-state index in [1.54, 1.807) is 37.4 Å². The molecule has 1 aromatic heterocycles. The van der Waals surface area contributed by atoms with Gasteiger partial charge in [0.05, 0.1) is 48.0 Å². The Bertz CT molecular complexity index is 1560. The van der Waals surface area contributed by atoms with E-state index in [1.165, 1.54) is 31.5 Å². The number of aromatic nitrogens is 2. The molecular weight excluding hydrogens is 592 g/mol. The van der Waals surface area contributed by atoms with Crippen molar-refractivity contribution in [2.75, 3.05) is 72.2 Å². The van der Waals surface area contributed by atoms with Gasteiger partial charge in [-0.15, -0.1) is 0 Å². The summed E-state index contributed by atoms with van der Waals surface area (Å²) in [6, 6.07) is 10.4. The minimum Gasteiger partial charge on any atom is -0.494 e. The number of likely N-dealkylation sites (N-methyl/N-ethyl adjacent to an activating group) is 1. The van der Waals surface area contributed by atoms with E-state index in [4.69, 9.17) is 16.3 Å². The molecule has 0 atom stereocenters. The van der Waals surface area contributed by atoms with Crippen LogP contribution in [-0.2, 0) is 14.8 Å². The van der Waals surface area contributed by atoms with Crippen LogP contribution in [0.4, 0.5) is 40.2 Å². The molecule has 1 amide bonds. The number of likely N-dealkylation sites (tertiary alicyclic amines) is 1. The zero-order chi connectivity index (χ0) is 31.0. The Morgan fingerprint density at radius 2 is 1.84 bits per heavy atom. The van der Waals surface area contributed by atoms with Gasteiger partial charge in [-0.3, -0.25) is 9.52 Å². The Hall–Kier alpha value is -4.07. The van der Waals surface area contributed by atoms with E-state index in [0.29, 0.717) is 28.5 Å². The highest BCUT2D eigenvalue weighted by Gasteiger charge is 2.18. The second kappa shape index (κ2) is 14.4. The highest BCUT2D eigenvalue weighted by atomic mass is 35.5. The van der Waals surface area contributed by atoms with Gasteiger partial charge in [0.2, 0.25) is 21.9 Å². The first-order chi connectivity index (χ1) is 20.6. The number of hydrogen-bond donors (Lipinski definition) is 4. The van der Waals surface area contributed by atoms with Gasteiger partial charge in [-0.05, 0) is 50.2 Å². The van der Waals surface area contributed by atoms with E-state index in [-0.39, 0.29) is 22.7 Å². The topological polar surface area (TPSA) is 141 Å². The van der Waals surface area contributed by atoms with Crippen molar-refractivity contribution in [3.05, 3.63) is 60.3 Å². The van der Waals surface area contributed by atoms with Crippen LogP contribution in [0.2, 0.25) is 5.02 Å². The molecule has 12 nitrogen and oxygen atoms in total. The minimum atomic E-state index is -3.52. The summed E-state index contributed by atoms with van der Waals surface area (Å²) < 4.78 is 31.8. The highest BCUT2D eigenvalue weighted by Crippen LogP contribution is 2.38. The van der Waals surface area contributed by atoms with Crippen molar-refractivity contribution < 1.29 is 17.9 Å². The molecule has 1 saturated heterocycles. The van der Waals surface area contributed by atoms with Gasteiger partial charge in [0.25, 0.3) is 0 Å². The standard InChI is InChI=1S/C29H37ClN8O4S/c1-5-27(39)32-23-17-24(26(42-3)18-25(23)37(2)15-16-38-13-9-6-10-14-38)34-29-31-19-20(30)28(35-29)33-21-11-7-8-12-22(21)36-43(4,40)41/h5,7-8,11-12,17-19,36H,1,6,9-10,13-16H2,2-4H3,(H,32,39)(H2,31,33,34,35). The van der Waals surface area contributed by atoms with Crippen LogP contribution in [0, 0.1) is 0 Å². The maximum absolute atomic E-state index is 12.4. The van der Waals surface area contributed by atoms with Gasteiger partial charge in [0.15, 0.2) is 5.82 Å². The lowest BCUT2D eigenvalue weighted by Gasteiger charge is -2.30. The van der Waals surface area contributed by atoms with E-state index >= 15 is 0 Å². The van der Waals surface area contributed by atoms with Crippen molar-refractivity contribution >= 4 is 67.7 Å². The molecule has 1 aliphatic rings. The van der Waals surface area contributed by atoms with Crippen molar-refractivity contribution in [3.63, 3.8) is 0 Å². The van der Waals surface area contributed by atoms with Crippen LogP contribution in [0.5, 0.6) is 5.75 Å². The molecule has 2 heterocycles. The minimum absolute atomic E-state index is 0.186. The average Bonchev–Trinajstić information content (AvgIpc) is 2.98. The van der Waals surface area contributed by atoms with Crippen LogP contribution in [0.25, 0.3) is 0 Å². The largest absolute Gasteiger partial charge is 0.494 e. The van der Waals surface area contributed by atoms with Crippen LogP contribution in [0.1, 0.15) is 19.3 Å². The SMILES string of the molecule is C=CC(=O)Nc1cc(Nc2ncc(Cl)c(Nc3ccccc3NS(C)(=O)=O)n2)c(OC)cc1N(C)CCN1CCCCC1. The number of methoxy groups -OCH3 is 1. The number of ether oxygens (including phenoxy) is 1. The monoisotopic (exact) mass is 628 g/mol. The Balaban J connectivity index is 1.61. The molecule has 0 bridgehead atoms. The summed E-state index contributed by atoms with van der Waals surface area (Å²) in [6.07, 6.45) is 7.41. The first kappa shape index (κ1) is 31.9.